The van der Waals surface area contributed by atoms with Crippen molar-refractivity contribution in [2.45, 2.75) is 68.9 Å². The number of benzene rings is 1. The number of hydrogen-bond donors (Lipinski definition) is 1. The lowest BCUT2D eigenvalue weighted by Gasteiger charge is -2.26. The molecule has 1 N–H and O–H groups in total. The highest BCUT2D eigenvalue weighted by Gasteiger charge is 2.29. The Morgan fingerprint density at radius 2 is 1.79 bits per heavy atom. The van der Waals surface area contributed by atoms with E-state index in [0.29, 0.717) is 13.1 Å². The first kappa shape index (κ1) is 22.1. The Labute approximate surface area is 176 Å². The van der Waals surface area contributed by atoms with E-state index in [1.54, 1.807) is 0 Å². The number of hydrogen-bond acceptors (Lipinski definition) is 5. The summed E-state index contributed by atoms with van der Waals surface area (Å²) in [6.45, 7) is 2.41. The van der Waals surface area contributed by atoms with E-state index in [9.17, 15) is 18.0 Å². The molecule has 1 saturated carbocycles. The standard InChI is InChI=1S/C20H27ClN2O5S/c1-14(19(24)22-15-7-3-4-8-15)28-20(25)17-13-16(9-10-18(17)21)29(26,27)23-11-5-2-6-12-23/h9-10,13-15H,2-8,11-12H2,1H3,(H,22,24). The average Bonchev–Trinajstić information content (AvgIpc) is 3.21. The van der Waals surface area contributed by atoms with Gasteiger partial charge in [0.25, 0.3) is 5.91 Å². The predicted molar refractivity (Wildman–Crippen MR) is 109 cm³/mol. The van der Waals surface area contributed by atoms with Crippen LogP contribution in [0.15, 0.2) is 23.1 Å². The second-order valence-corrected chi connectivity index (χ2v) is 9.99. The average molecular weight is 443 g/mol. The summed E-state index contributed by atoms with van der Waals surface area (Å²) in [6, 6.07) is 4.11. The maximum atomic E-state index is 12.9. The van der Waals surface area contributed by atoms with Crippen LogP contribution in [-0.4, -0.2) is 49.8 Å². The van der Waals surface area contributed by atoms with Crippen molar-refractivity contribution >= 4 is 33.5 Å². The highest BCUT2D eigenvalue weighted by atomic mass is 35.5. The molecule has 7 nitrogen and oxygen atoms in total. The summed E-state index contributed by atoms with van der Waals surface area (Å²) in [5, 5.41) is 2.96. The Hall–Kier alpha value is -1.64. The van der Waals surface area contributed by atoms with Crippen LogP contribution in [0.1, 0.15) is 62.2 Å². The summed E-state index contributed by atoms with van der Waals surface area (Å²) in [5.74, 6) is -1.18. The molecule has 1 aliphatic heterocycles. The minimum Gasteiger partial charge on any atom is -0.449 e. The zero-order chi connectivity index (χ0) is 21.0. The summed E-state index contributed by atoms with van der Waals surface area (Å²) in [5.41, 5.74) is -0.0646. The van der Waals surface area contributed by atoms with Gasteiger partial charge in [-0.2, -0.15) is 4.31 Å². The Kier molecular flexibility index (Phi) is 7.19. The first-order chi connectivity index (χ1) is 13.8. The van der Waals surface area contributed by atoms with Crippen LogP contribution in [-0.2, 0) is 19.6 Å². The van der Waals surface area contributed by atoms with Crippen LogP contribution in [0.2, 0.25) is 5.02 Å². The number of halogens is 1. The zero-order valence-corrected chi connectivity index (χ0v) is 18.1. The molecule has 29 heavy (non-hydrogen) atoms. The van der Waals surface area contributed by atoms with Gasteiger partial charge in [-0.05, 0) is 50.8 Å². The molecular weight excluding hydrogens is 416 g/mol. The largest absolute Gasteiger partial charge is 0.449 e. The number of esters is 1. The van der Waals surface area contributed by atoms with Crippen LogP contribution in [0.4, 0.5) is 0 Å². The van der Waals surface area contributed by atoms with Gasteiger partial charge >= 0.3 is 5.97 Å². The number of nitrogens with one attached hydrogen (secondary N) is 1. The van der Waals surface area contributed by atoms with E-state index in [-0.39, 0.29) is 27.4 Å². The number of sulfonamides is 1. The second kappa shape index (κ2) is 9.45. The summed E-state index contributed by atoms with van der Waals surface area (Å²) in [6.07, 6.45) is 5.64. The Bertz CT molecular complexity index is 862. The fraction of sp³-hybridized carbons (Fsp3) is 0.600. The van der Waals surface area contributed by atoms with Gasteiger partial charge < -0.3 is 10.1 Å². The molecule has 1 atom stereocenters. The summed E-state index contributed by atoms with van der Waals surface area (Å²) < 4.78 is 32.4. The SMILES string of the molecule is CC(OC(=O)c1cc(S(=O)(=O)N2CCCCC2)ccc1Cl)C(=O)NC1CCCC1. The normalized spacial score (nSPS) is 19.7. The fourth-order valence-electron chi connectivity index (χ4n) is 3.74. The van der Waals surface area contributed by atoms with Crippen molar-refractivity contribution in [3.05, 3.63) is 28.8 Å². The van der Waals surface area contributed by atoms with Crippen molar-refractivity contribution in [2.75, 3.05) is 13.1 Å². The maximum Gasteiger partial charge on any atom is 0.340 e. The fourth-order valence-corrected chi connectivity index (χ4v) is 5.48. The third-order valence-corrected chi connectivity index (χ3v) is 7.69. The molecule has 1 heterocycles. The number of rotatable bonds is 6. The highest BCUT2D eigenvalue weighted by Crippen LogP contribution is 2.26. The van der Waals surface area contributed by atoms with E-state index in [0.717, 1.165) is 44.9 Å². The van der Waals surface area contributed by atoms with Crippen LogP contribution in [0.5, 0.6) is 0 Å². The number of amides is 1. The van der Waals surface area contributed by atoms with Gasteiger partial charge in [0.05, 0.1) is 15.5 Å². The molecule has 1 saturated heterocycles. The molecule has 0 radical (unpaired) electrons. The smallest absolute Gasteiger partial charge is 0.340 e. The monoisotopic (exact) mass is 442 g/mol. The van der Waals surface area contributed by atoms with Crippen LogP contribution in [0, 0.1) is 0 Å². The van der Waals surface area contributed by atoms with Crippen LogP contribution in [0.3, 0.4) is 0 Å². The molecule has 1 aromatic carbocycles. The minimum absolute atomic E-state index is 0.00110. The number of nitrogens with zero attached hydrogens (tertiary/aromatic N) is 1. The van der Waals surface area contributed by atoms with Gasteiger partial charge in [0.1, 0.15) is 0 Å². The quantitative estimate of drug-likeness (QED) is 0.683. The van der Waals surface area contributed by atoms with Gasteiger partial charge in [-0.3, -0.25) is 4.79 Å². The van der Waals surface area contributed by atoms with Crippen molar-refractivity contribution in [3.63, 3.8) is 0 Å². The van der Waals surface area contributed by atoms with Crippen molar-refractivity contribution in [1.29, 1.82) is 0 Å². The summed E-state index contributed by atoms with van der Waals surface area (Å²) >= 11 is 6.12. The lowest BCUT2D eigenvalue weighted by atomic mass is 10.2. The molecule has 160 valence electrons. The highest BCUT2D eigenvalue weighted by molar-refractivity contribution is 7.89. The summed E-state index contributed by atoms with van der Waals surface area (Å²) in [7, 11) is -3.71. The van der Waals surface area contributed by atoms with E-state index in [2.05, 4.69) is 5.32 Å². The molecule has 1 aliphatic carbocycles. The number of carbonyl (C=O) groups excluding carboxylic acids is 2. The third-order valence-electron chi connectivity index (χ3n) is 5.47. The number of ether oxygens (including phenoxy) is 1. The first-order valence-corrected chi connectivity index (χ1v) is 11.9. The number of carbonyl (C=O) groups is 2. The van der Waals surface area contributed by atoms with Gasteiger partial charge in [-0.25, -0.2) is 13.2 Å². The molecule has 2 fully saturated rings. The minimum atomic E-state index is -3.71. The van der Waals surface area contributed by atoms with E-state index in [4.69, 9.17) is 16.3 Å². The van der Waals surface area contributed by atoms with Crippen LogP contribution >= 0.6 is 11.6 Å². The van der Waals surface area contributed by atoms with Gasteiger partial charge in [0, 0.05) is 19.1 Å². The summed E-state index contributed by atoms with van der Waals surface area (Å²) in [4.78, 5) is 24.8. The molecule has 1 unspecified atom stereocenters. The number of piperidine rings is 1. The predicted octanol–water partition coefficient (Wildman–Crippen LogP) is 3.12. The van der Waals surface area contributed by atoms with Gasteiger partial charge in [-0.1, -0.05) is 30.9 Å². The zero-order valence-electron chi connectivity index (χ0n) is 16.5. The molecule has 1 aromatic rings. The van der Waals surface area contributed by atoms with E-state index < -0.39 is 22.1 Å². The Balaban J connectivity index is 1.71. The van der Waals surface area contributed by atoms with Crippen LogP contribution in [0.25, 0.3) is 0 Å². The molecule has 3 rings (SSSR count). The van der Waals surface area contributed by atoms with Crippen molar-refractivity contribution in [1.82, 2.24) is 9.62 Å². The van der Waals surface area contributed by atoms with Crippen molar-refractivity contribution in [2.24, 2.45) is 0 Å². The Morgan fingerprint density at radius 1 is 1.14 bits per heavy atom. The second-order valence-electron chi connectivity index (χ2n) is 7.64. The van der Waals surface area contributed by atoms with Crippen molar-refractivity contribution < 1.29 is 22.7 Å². The van der Waals surface area contributed by atoms with Gasteiger partial charge in [0.2, 0.25) is 10.0 Å². The van der Waals surface area contributed by atoms with E-state index in [1.807, 2.05) is 0 Å². The third kappa shape index (κ3) is 5.29. The lowest BCUT2D eigenvalue weighted by molar-refractivity contribution is -0.129. The topological polar surface area (TPSA) is 92.8 Å². The van der Waals surface area contributed by atoms with E-state index in [1.165, 1.54) is 29.4 Å². The molecule has 0 aromatic heterocycles. The molecule has 0 bridgehead atoms. The maximum absolute atomic E-state index is 12.9. The Morgan fingerprint density at radius 3 is 2.45 bits per heavy atom. The van der Waals surface area contributed by atoms with Crippen molar-refractivity contribution in [3.8, 4) is 0 Å². The van der Waals surface area contributed by atoms with Gasteiger partial charge in [-0.15, -0.1) is 0 Å². The first-order valence-electron chi connectivity index (χ1n) is 10.1. The lowest BCUT2D eigenvalue weighted by Crippen LogP contribution is -2.40. The van der Waals surface area contributed by atoms with Crippen LogP contribution < -0.4 is 5.32 Å². The van der Waals surface area contributed by atoms with Gasteiger partial charge in [0.15, 0.2) is 6.10 Å². The molecule has 2 aliphatic rings. The molecule has 0 spiro atoms. The molecule has 9 heteroatoms. The molecular formula is C20H27ClN2O5S. The van der Waals surface area contributed by atoms with E-state index >= 15 is 0 Å². The molecule has 1 amide bonds.